The molecule has 0 saturated heterocycles. The highest BCUT2D eigenvalue weighted by Crippen LogP contribution is 2.28. The molecule has 1 fully saturated rings. The summed E-state index contributed by atoms with van der Waals surface area (Å²) < 4.78 is 6.52. The van der Waals surface area contributed by atoms with Crippen LogP contribution in [0.4, 0.5) is 0 Å². The SMILES string of the molecule is O=c1c(-c2noc(CCC3CCCC3)n2)cnc2nc[nH]n12. The number of aromatic amines is 1. The number of aromatic nitrogens is 6. The van der Waals surface area contributed by atoms with Gasteiger partial charge in [-0.3, -0.25) is 9.89 Å². The number of hydrogen-bond acceptors (Lipinski definition) is 6. The zero-order chi connectivity index (χ0) is 14.9. The fraction of sp³-hybridized carbons (Fsp3) is 0.500. The Balaban J connectivity index is 1.56. The Morgan fingerprint density at radius 1 is 1.32 bits per heavy atom. The van der Waals surface area contributed by atoms with Crippen LogP contribution in [0.2, 0.25) is 0 Å². The van der Waals surface area contributed by atoms with Crippen LogP contribution < -0.4 is 5.56 Å². The molecule has 0 atom stereocenters. The minimum Gasteiger partial charge on any atom is -0.339 e. The van der Waals surface area contributed by atoms with Crippen LogP contribution in [-0.4, -0.2) is 29.7 Å². The van der Waals surface area contributed by atoms with E-state index in [2.05, 4.69) is 25.2 Å². The van der Waals surface area contributed by atoms with Gasteiger partial charge in [0, 0.05) is 12.6 Å². The van der Waals surface area contributed by atoms with Crippen molar-refractivity contribution in [2.75, 3.05) is 0 Å². The average Bonchev–Trinajstić information content (AvgIpc) is 3.27. The second-order valence-electron chi connectivity index (χ2n) is 5.70. The van der Waals surface area contributed by atoms with E-state index in [0.29, 0.717) is 17.2 Å². The molecule has 0 radical (unpaired) electrons. The molecule has 3 aromatic rings. The first kappa shape index (κ1) is 13.2. The van der Waals surface area contributed by atoms with E-state index < -0.39 is 0 Å². The summed E-state index contributed by atoms with van der Waals surface area (Å²) >= 11 is 0. The Bertz CT molecular complexity index is 842. The van der Waals surface area contributed by atoms with E-state index in [4.69, 9.17) is 4.52 Å². The van der Waals surface area contributed by atoms with Gasteiger partial charge in [0.2, 0.25) is 11.7 Å². The van der Waals surface area contributed by atoms with Crippen molar-refractivity contribution >= 4 is 5.78 Å². The zero-order valence-corrected chi connectivity index (χ0v) is 12.0. The molecule has 0 aliphatic heterocycles. The summed E-state index contributed by atoms with van der Waals surface area (Å²) in [5.74, 6) is 1.95. The summed E-state index contributed by atoms with van der Waals surface area (Å²) in [6.07, 6.45) is 9.92. The van der Waals surface area contributed by atoms with Crippen molar-refractivity contribution in [1.29, 1.82) is 0 Å². The van der Waals surface area contributed by atoms with Crippen molar-refractivity contribution in [1.82, 2.24) is 29.7 Å². The second kappa shape index (κ2) is 5.36. The lowest BCUT2D eigenvalue weighted by Crippen LogP contribution is -2.17. The Morgan fingerprint density at radius 2 is 2.18 bits per heavy atom. The molecule has 1 saturated carbocycles. The predicted molar refractivity (Wildman–Crippen MR) is 77.2 cm³/mol. The molecule has 8 nitrogen and oxygen atoms in total. The molecule has 1 aliphatic rings. The molecular weight excluding hydrogens is 284 g/mol. The Kier molecular flexibility index (Phi) is 3.21. The molecule has 0 unspecified atom stereocenters. The van der Waals surface area contributed by atoms with Gasteiger partial charge in [-0.15, -0.1) is 0 Å². The minimum atomic E-state index is -0.286. The van der Waals surface area contributed by atoms with Crippen molar-refractivity contribution in [3.05, 3.63) is 28.8 Å². The number of rotatable bonds is 4. The van der Waals surface area contributed by atoms with E-state index in [0.717, 1.165) is 18.8 Å². The first-order valence-corrected chi connectivity index (χ1v) is 7.55. The van der Waals surface area contributed by atoms with Crippen LogP contribution in [0.1, 0.15) is 38.0 Å². The monoisotopic (exact) mass is 300 g/mol. The van der Waals surface area contributed by atoms with Gasteiger partial charge in [-0.25, -0.2) is 9.97 Å². The number of fused-ring (bicyclic) bond motifs is 1. The molecule has 3 aromatic heterocycles. The average molecular weight is 300 g/mol. The van der Waals surface area contributed by atoms with E-state index in [-0.39, 0.29) is 11.4 Å². The number of hydrogen-bond donors (Lipinski definition) is 1. The highest BCUT2D eigenvalue weighted by molar-refractivity contribution is 5.52. The molecule has 22 heavy (non-hydrogen) atoms. The van der Waals surface area contributed by atoms with Crippen LogP contribution in [0.3, 0.4) is 0 Å². The maximum absolute atomic E-state index is 12.3. The summed E-state index contributed by atoms with van der Waals surface area (Å²) in [6, 6.07) is 0. The van der Waals surface area contributed by atoms with Crippen molar-refractivity contribution < 1.29 is 4.52 Å². The molecule has 0 spiro atoms. The summed E-state index contributed by atoms with van der Waals surface area (Å²) in [7, 11) is 0. The molecule has 8 heteroatoms. The molecule has 114 valence electrons. The normalized spacial score (nSPS) is 15.8. The van der Waals surface area contributed by atoms with E-state index in [1.807, 2.05) is 0 Å². The van der Waals surface area contributed by atoms with Crippen LogP contribution in [0, 0.1) is 5.92 Å². The van der Waals surface area contributed by atoms with Crippen LogP contribution in [0.5, 0.6) is 0 Å². The largest absolute Gasteiger partial charge is 0.339 e. The Labute approximate surface area is 125 Å². The molecule has 1 N–H and O–H groups in total. The summed E-state index contributed by atoms with van der Waals surface area (Å²) in [6.45, 7) is 0. The molecular formula is C14H16N6O2. The molecule has 3 heterocycles. The summed E-state index contributed by atoms with van der Waals surface area (Å²) in [5.41, 5.74) is 0.0169. The van der Waals surface area contributed by atoms with Crippen molar-refractivity contribution in [3.63, 3.8) is 0 Å². The molecule has 0 aromatic carbocycles. The number of H-pyrrole nitrogens is 1. The second-order valence-corrected chi connectivity index (χ2v) is 5.70. The fourth-order valence-electron chi connectivity index (χ4n) is 3.04. The van der Waals surface area contributed by atoms with Gasteiger partial charge in [0.05, 0.1) is 0 Å². The lowest BCUT2D eigenvalue weighted by molar-refractivity contribution is 0.362. The summed E-state index contributed by atoms with van der Waals surface area (Å²) in [5, 5.41) is 6.62. The van der Waals surface area contributed by atoms with Crippen LogP contribution in [0.25, 0.3) is 17.2 Å². The minimum absolute atomic E-state index is 0.280. The predicted octanol–water partition coefficient (Wildman–Crippen LogP) is 1.59. The van der Waals surface area contributed by atoms with Crippen LogP contribution in [-0.2, 0) is 6.42 Å². The fourth-order valence-corrected chi connectivity index (χ4v) is 3.04. The Hall–Kier alpha value is -2.51. The first-order chi connectivity index (χ1) is 10.8. The van der Waals surface area contributed by atoms with Gasteiger partial charge in [-0.05, 0) is 12.3 Å². The van der Waals surface area contributed by atoms with Gasteiger partial charge < -0.3 is 4.52 Å². The van der Waals surface area contributed by atoms with Gasteiger partial charge in [-0.2, -0.15) is 9.50 Å². The smallest absolute Gasteiger partial charge is 0.285 e. The molecule has 0 bridgehead atoms. The topological polar surface area (TPSA) is 102 Å². The van der Waals surface area contributed by atoms with Crippen LogP contribution in [0.15, 0.2) is 21.8 Å². The third-order valence-corrected chi connectivity index (χ3v) is 4.26. The Morgan fingerprint density at radius 3 is 3.05 bits per heavy atom. The molecule has 0 amide bonds. The van der Waals surface area contributed by atoms with Crippen LogP contribution >= 0.6 is 0 Å². The summed E-state index contributed by atoms with van der Waals surface area (Å²) in [4.78, 5) is 24.6. The number of nitrogens with one attached hydrogen (secondary N) is 1. The van der Waals surface area contributed by atoms with E-state index in [9.17, 15) is 4.79 Å². The van der Waals surface area contributed by atoms with Gasteiger partial charge in [0.25, 0.3) is 11.3 Å². The maximum atomic E-state index is 12.3. The van der Waals surface area contributed by atoms with Crippen molar-refractivity contribution in [3.8, 4) is 11.4 Å². The highest BCUT2D eigenvalue weighted by Gasteiger charge is 2.18. The zero-order valence-electron chi connectivity index (χ0n) is 12.0. The lowest BCUT2D eigenvalue weighted by atomic mass is 10.0. The quantitative estimate of drug-likeness (QED) is 0.785. The standard InChI is InChI=1S/C14H16N6O2/c21-13-10(7-15-14-16-8-17-20(13)14)12-18-11(22-19-12)6-5-9-3-1-2-4-9/h7-9H,1-6H2,(H,15,16,17). The number of aryl methyl sites for hydroxylation is 1. The van der Waals surface area contributed by atoms with Gasteiger partial charge >= 0.3 is 0 Å². The van der Waals surface area contributed by atoms with Gasteiger partial charge in [0.1, 0.15) is 11.9 Å². The van der Waals surface area contributed by atoms with E-state index in [1.165, 1.54) is 42.7 Å². The molecule has 1 aliphatic carbocycles. The third kappa shape index (κ3) is 2.30. The third-order valence-electron chi connectivity index (χ3n) is 4.26. The first-order valence-electron chi connectivity index (χ1n) is 7.55. The van der Waals surface area contributed by atoms with Crippen molar-refractivity contribution in [2.45, 2.75) is 38.5 Å². The van der Waals surface area contributed by atoms with E-state index >= 15 is 0 Å². The molecule has 4 rings (SSSR count). The van der Waals surface area contributed by atoms with Gasteiger partial charge in [0.15, 0.2) is 0 Å². The van der Waals surface area contributed by atoms with Crippen molar-refractivity contribution in [2.24, 2.45) is 5.92 Å². The highest BCUT2D eigenvalue weighted by atomic mass is 16.5. The lowest BCUT2D eigenvalue weighted by Gasteiger charge is -2.04. The van der Waals surface area contributed by atoms with Gasteiger partial charge in [-0.1, -0.05) is 30.8 Å². The number of nitrogens with zero attached hydrogens (tertiary/aromatic N) is 5. The maximum Gasteiger partial charge on any atom is 0.285 e. The van der Waals surface area contributed by atoms with E-state index in [1.54, 1.807) is 0 Å².